The summed E-state index contributed by atoms with van der Waals surface area (Å²) in [6.07, 6.45) is 2.16. The molecular weight excluding hydrogens is 348 g/mol. The second-order valence-corrected chi connectivity index (χ2v) is 7.98. The van der Waals surface area contributed by atoms with Crippen LogP contribution in [-0.2, 0) is 19.2 Å². The zero-order valence-electron chi connectivity index (χ0n) is 16.9. The summed E-state index contributed by atoms with van der Waals surface area (Å²) in [6, 6.07) is -1.54. The zero-order chi connectivity index (χ0) is 21.2. The molecule has 0 fully saturated rings. The first-order valence-electron chi connectivity index (χ1n) is 9.29. The lowest BCUT2D eigenvalue weighted by molar-refractivity contribution is -0.134. The quantitative estimate of drug-likeness (QED) is 0.213. The van der Waals surface area contributed by atoms with Gasteiger partial charge in [-0.15, -0.1) is 0 Å². The Bertz CT molecular complexity index is 567. The number of nitrogens with one attached hydrogen (secondary N) is 2. The maximum atomic E-state index is 12.4. The van der Waals surface area contributed by atoms with Crippen molar-refractivity contribution in [3.8, 4) is 0 Å². The van der Waals surface area contributed by atoms with E-state index in [9.17, 15) is 19.2 Å². The molecule has 8 nitrogen and oxygen atoms in total. The highest BCUT2D eigenvalue weighted by atomic mass is 16.2. The third kappa shape index (κ3) is 11.3. The summed E-state index contributed by atoms with van der Waals surface area (Å²) in [6.45, 7) is 6.54. The van der Waals surface area contributed by atoms with Crippen LogP contribution in [0.15, 0.2) is 0 Å². The van der Waals surface area contributed by atoms with Gasteiger partial charge in [-0.25, -0.2) is 0 Å². The summed E-state index contributed by atoms with van der Waals surface area (Å²) >= 11 is 0. The lowest BCUT2D eigenvalue weighted by Gasteiger charge is -2.24. The van der Waals surface area contributed by atoms with Gasteiger partial charge in [-0.3, -0.25) is 24.6 Å². The van der Waals surface area contributed by atoms with Crippen molar-refractivity contribution in [3.63, 3.8) is 0 Å². The number of hydrogen-bond donors (Lipinski definition) is 4. The van der Waals surface area contributed by atoms with E-state index in [0.29, 0.717) is 25.7 Å². The predicted octanol–water partition coefficient (Wildman–Crippen LogP) is 1.24. The summed E-state index contributed by atoms with van der Waals surface area (Å²) in [5, 5.41) is 9.71. The minimum absolute atomic E-state index is 0.0177. The molecule has 154 valence electrons. The van der Waals surface area contributed by atoms with E-state index in [2.05, 4.69) is 5.32 Å². The molecular formula is C19H34N4O4. The predicted molar refractivity (Wildman–Crippen MR) is 104 cm³/mol. The van der Waals surface area contributed by atoms with Crippen LogP contribution in [-0.4, -0.2) is 41.2 Å². The topological polar surface area (TPSA) is 156 Å². The number of Topliss-reactive ketones (excluding diaryl/α,β-unsaturated/α-hetero) is 3. The van der Waals surface area contributed by atoms with E-state index < -0.39 is 23.4 Å². The molecule has 0 aliphatic rings. The molecule has 0 heterocycles. The third-order valence-electron chi connectivity index (χ3n) is 4.11. The highest BCUT2D eigenvalue weighted by Gasteiger charge is 2.31. The maximum absolute atomic E-state index is 12.4. The maximum Gasteiger partial charge on any atom is 0.221 e. The molecule has 0 aromatic carbocycles. The van der Waals surface area contributed by atoms with Crippen LogP contribution in [0.25, 0.3) is 0 Å². The molecule has 1 amide bonds. The fourth-order valence-electron chi connectivity index (χ4n) is 2.55. The monoisotopic (exact) mass is 382 g/mol. The largest absolute Gasteiger partial charge is 0.388 e. The van der Waals surface area contributed by atoms with Gasteiger partial charge in [0.2, 0.25) is 5.91 Å². The van der Waals surface area contributed by atoms with E-state index >= 15 is 0 Å². The van der Waals surface area contributed by atoms with Gasteiger partial charge in [0.15, 0.2) is 5.78 Å². The molecule has 0 spiro atoms. The molecule has 6 N–H and O–H groups in total. The SMILES string of the molecule is CC(=O)C[C@H](NC(=O)CCC(=O)[C@@H](N)CCCCC(=N)N)C(=O)C(C)(C)C. The average Bonchev–Trinajstić information content (AvgIpc) is 2.53. The number of nitrogens with two attached hydrogens (primary N) is 2. The zero-order valence-corrected chi connectivity index (χ0v) is 16.9. The summed E-state index contributed by atoms with van der Waals surface area (Å²) in [4.78, 5) is 48.0. The minimum Gasteiger partial charge on any atom is -0.388 e. The number of unbranched alkanes of at least 4 members (excludes halogenated alkanes) is 1. The Balaban J connectivity index is 4.48. The van der Waals surface area contributed by atoms with E-state index in [0.717, 1.165) is 0 Å². The lowest BCUT2D eigenvalue weighted by Crippen LogP contribution is -2.46. The van der Waals surface area contributed by atoms with Gasteiger partial charge in [-0.1, -0.05) is 27.2 Å². The van der Waals surface area contributed by atoms with E-state index in [1.165, 1.54) is 6.92 Å². The molecule has 0 aromatic heterocycles. The first kappa shape index (κ1) is 24.9. The fraction of sp³-hybridized carbons (Fsp3) is 0.737. The fourth-order valence-corrected chi connectivity index (χ4v) is 2.55. The second kappa shape index (κ2) is 11.6. The molecule has 0 rings (SSSR count). The summed E-state index contributed by atoms with van der Waals surface area (Å²) in [7, 11) is 0. The number of carbonyl (C=O) groups is 4. The molecule has 0 unspecified atom stereocenters. The van der Waals surface area contributed by atoms with Crippen LogP contribution >= 0.6 is 0 Å². The van der Waals surface area contributed by atoms with Gasteiger partial charge in [0, 0.05) is 31.1 Å². The van der Waals surface area contributed by atoms with Gasteiger partial charge >= 0.3 is 0 Å². The van der Waals surface area contributed by atoms with Crippen molar-refractivity contribution in [1.29, 1.82) is 5.41 Å². The number of hydrogen-bond acceptors (Lipinski definition) is 6. The van der Waals surface area contributed by atoms with Gasteiger partial charge < -0.3 is 16.8 Å². The van der Waals surface area contributed by atoms with Gasteiger partial charge in [0.25, 0.3) is 0 Å². The Morgan fingerprint density at radius 1 is 1.04 bits per heavy atom. The molecule has 8 heteroatoms. The van der Waals surface area contributed by atoms with Crippen molar-refractivity contribution in [2.24, 2.45) is 16.9 Å². The van der Waals surface area contributed by atoms with E-state index in [1.54, 1.807) is 20.8 Å². The summed E-state index contributed by atoms with van der Waals surface area (Å²) in [5.74, 6) is -0.980. The molecule has 0 aliphatic heterocycles. The molecule has 0 saturated heterocycles. The number of carbonyl (C=O) groups excluding carboxylic acids is 4. The van der Waals surface area contributed by atoms with Crippen LogP contribution in [0.1, 0.15) is 72.6 Å². The minimum atomic E-state index is -0.884. The van der Waals surface area contributed by atoms with Crippen molar-refractivity contribution >= 4 is 29.1 Å². The van der Waals surface area contributed by atoms with Gasteiger partial charge in [-0.05, 0) is 19.8 Å². The Morgan fingerprint density at radius 3 is 2.11 bits per heavy atom. The van der Waals surface area contributed by atoms with Crippen LogP contribution in [0.5, 0.6) is 0 Å². The smallest absolute Gasteiger partial charge is 0.221 e. The first-order valence-corrected chi connectivity index (χ1v) is 9.29. The summed E-state index contributed by atoms with van der Waals surface area (Å²) < 4.78 is 0. The van der Waals surface area contributed by atoms with Crippen LogP contribution in [0.3, 0.4) is 0 Å². The van der Waals surface area contributed by atoms with Gasteiger partial charge in [-0.2, -0.15) is 0 Å². The van der Waals surface area contributed by atoms with Gasteiger partial charge in [0.05, 0.1) is 17.9 Å². The van der Waals surface area contributed by atoms with Crippen LogP contribution in [0.2, 0.25) is 0 Å². The van der Waals surface area contributed by atoms with E-state index in [-0.39, 0.29) is 42.4 Å². The lowest BCUT2D eigenvalue weighted by atomic mass is 9.84. The second-order valence-electron chi connectivity index (χ2n) is 7.98. The average molecular weight is 383 g/mol. The van der Waals surface area contributed by atoms with Crippen LogP contribution in [0, 0.1) is 10.8 Å². The van der Waals surface area contributed by atoms with Crippen molar-refractivity contribution in [1.82, 2.24) is 5.32 Å². The van der Waals surface area contributed by atoms with Crippen LogP contribution in [0.4, 0.5) is 0 Å². The Labute approximate surface area is 161 Å². The van der Waals surface area contributed by atoms with Crippen molar-refractivity contribution in [2.45, 2.75) is 84.7 Å². The number of ketones is 3. The Morgan fingerprint density at radius 2 is 1.63 bits per heavy atom. The first-order chi connectivity index (χ1) is 12.3. The molecule has 0 aromatic rings. The molecule has 0 saturated carbocycles. The highest BCUT2D eigenvalue weighted by Crippen LogP contribution is 2.18. The summed E-state index contributed by atoms with van der Waals surface area (Å²) in [5.41, 5.74) is 10.4. The third-order valence-corrected chi connectivity index (χ3v) is 4.11. The standard InChI is InChI=1S/C19H34N4O4/c1-12(24)11-14(18(27)19(2,3)4)23-17(26)10-9-15(25)13(20)7-5-6-8-16(21)22/h13-14H,5-11,20H2,1-4H3,(H3,21,22)(H,23,26)/t13-,14-/m0/s1. The Kier molecular flexibility index (Phi) is 10.7. The molecule has 0 bridgehead atoms. The molecule has 2 atom stereocenters. The van der Waals surface area contributed by atoms with Crippen LogP contribution < -0.4 is 16.8 Å². The molecule has 27 heavy (non-hydrogen) atoms. The Hall–Kier alpha value is -2.09. The van der Waals surface area contributed by atoms with Crippen molar-refractivity contribution in [3.05, 3.63) is 0 Å². The molecule has 0 aliphatic carbocycles. The molecule has 0 radical (unpaired) electrons. The van der Waals surface area contributed by atoms with Crippen molar-refractivity contribution in [2.75, 3.05) is 0 Å². The number of amides is 1. The number of rotatable bonds is 13. The normalized spacial score (nSPS) is 13.5. The van der Waals surface area contributed by atoms with Crippen molar-refractivity contribution < 1.29 is 19.2 Å². The van der Waals surface area contributed by atoms with E-state index in [1.807, 2.05) is 0 Å². The number of amidine groups is 1. The van der Waals surface area contributed by atoms with Gasteiger partial charge in [0.1, 0.15) is 11.6 Å². The highest BCUT2D eigenvalue weighted by molar-refractivity contribution is 5.96. The van der Waals surface area contributed by atoms with E-state index in [4.69, 9.17) is 16.9 Å².